The summed E-state index contributed by atoms with van der Waals surface area (Å²) in [6.45, 7) is 6.52. The lowest BCUT2D eigenvalue weighted by Crippen LogP contribution is -2.50. The molecule has 0 fully saturated rings. The quantitative estimate of drug-likeness (QED) is 0.586. The Morgan fingerprint density at radius 3 is 2.38 bits per heavy atom. The fourth-order valence-electron chi connectivity index (χ4n) is 2.96. The standard InChI is InChI=1S/C20H25N3O6/c1-5-28-19(26)17-13(4)22-20(27)23-15(17)10-29-16(24)9-21-18(25)14-7-11(2)6-12(3)8-14/h6-8,13H,5,9-10H2,1-4H3,(H,21,25)(H2,22,23,27). The third-order valence-electron chi connectivity index (χ3n) is 4.12. The molecule has 2 rings (SSSR count). The van der Waals surface area contributed by atoms with Gasteiger partial charge in [0.15, 0.2) is 0 Å². The molecule has 1 unspecified atom stereocenters. The Morgan fingerprint density at radius 2 is 1.76 bits per heavy atom. The van der Waals surface area contributed by atoms with Crippen molar-refractivity contribution in [2.24, 2.45) is 0 Å². The Labute approximate surface area is 168 Å². The second-order valence-corrected chi connectivity index (χ2v) is 6.65. The van der Waals surface area contributed by atoms with Gasteiger partial charge in [0.25, 0.3) is 5.91 Å². The number of esters is 2. The summed E-state index contributed by atoms with van der Waals surface area (Å²) in [6.07, 6.45) is 0. The molecular weight excluding hydrogens is 378 g/mol. The molecule has 0 aliphatic carbocycles. The Balaban J connectivity index is 1.97. The van der Waals surface area contributed by atoms with Crippen LogP contribution < -0.4 is 16.0 Å². The molecule has 1 heterocycles. The van der Waals surface area contributed by atoms with Gasteiger partial charge in [-0.3, -0.25) is 9.59 Å². The lowest BCUT2D eigenvalue weighted by Gasteiger charge is -2.26. The van der Waals surface area contributed by atoms with Gasteiger partial charge in [-0.05, 0) is 39.8 Å². The minimum atomic E-state index is -0.709. The van der Waals surface area contributed by atoms with Gasteiger partial charge in [0.1, 0.15) is 13.2 Å². The molecule has 0 aromatic heterocycles. The molecule has 1 atom stereocenters. The van der Waals surface area contributed by atoms with E-state index in [1.807, 2.05) is 19.9 Å². The van der Waals surface area contributed by atoms with E-state index in [1.165, 1.54) is 0 Å². The van der Waals surface area contributed by atoms with Crippen molar-refractivity contribution in [1.29, 1.82) is 0 Å². The first-order chi connectivity index (χ1) is 13.7. The van der Waals surface area contributed by atoms with Crippen molar-refractivity contribution in [1.82, 2.24) is 16.0 Å². The van der Waals surface area contributed by atoms with Gasteiger partial charge >= 0.3 is 18.0 Å². The average molecular weight is 403 g/mol. The Kier molecular flexibility index (Phi) is 7.35. The molecule has 0 bridgehead atoms. The number of amides is 3. The van der Waals surface area contributed by atoms with Crippen LogP contribution in [0.15, 0.2) is 29.5 Å². The number of aryl methyl sites for hydroxylation is 2. The van der Waals surface area contributed by atoms with Gasteiger partial charge in [0, 0.05) is 5.56 Å². The summed E-state index contributed by atoms with van der Waals surface area (Å²) in [5.41, 5.74) is 2.65. The molecule has 1 aliphatic heterocycles. The summed E-state index contributed by atoms with van der Waals surface area (Å²) < 4.78 is 10.1. The molecule has 9 heteroatoms. The SMILES string of the molecule is CCOC(=O)C1=C(COC(=O)CNC(=O)c2cc(C)cc(C)c2)NC(=O)NC1C. The molecule has 3 amide bonds. The fraction of sp³-hybridized carbons (Fsp3) is 0.400. The van der Waals surface area contributed by atoms with Gasteiger partial charge in [0.05, 0.1) is 23.9 Å². The van der Waals surface area contributed by atoms with E-state index in [9.17, 15) is 19.2 Å². The van der Waals surface area contributed by atoms with E-state index >= 15 is 0 Å². The summed E-state index contributed by atoms with van der Waals surface area (Å²) in [5.74, 6) is -1.72. The number of nitrogens with one attached hydrogen (secondary N) is 3. The average Bonchev–Trinajstić information content (AvgIpc) is 2.63. The smallest absolute Gasteiger partial charge is 0.338 e. The number of hydrogen-bond donors (Lipinski definition) is 3. The Bertz CT molecular complexity index is 842. The highest BCUT2D eigenvalue weighted by atomic mass is 16.5. The van der Waals surface area contributed by atoms with E-state index in [1.54, 1.807) is 26.0 Å². The predicted molar refractivity (Wildman–Crippen MR) is 104 cm³/mol. The van der Waals surface area contributed by atoms with Crippen molar-refractivity contribution in [3.63, 3.8) is 0 Å². The fourth-order valence-corrected chi connectivity index (χ4v) is 2.96. The monoisotopic (exact) mass is 403 g/mol. The lowest BCUT2D eigenvalue weighted by atomic mass is 10.0. The third kappa shape index (κ3) is 6.06. The number of carbonyl (C=O) groups is 4. The molecule has 29 heavy (non-hydrogen) atoms. The van der Waals surface area contributed by atoms with Gasteiger partial charge in [-0.15, -0.1) is 0 Å². The highest BCUT2D eigenvalue weighted by Gasteiger charge is 2.30. The molecule has 0 saturated carbocycles. The minimum absolute atomic E-state index is 0.147. The summed E-state index contributed by atoms with van der Waals surface area (Å²) in [4.78, 5) is 48.0. The molecule has 0 radical (unpaired) electrons. The normalized spacial score (nSPS) is 15.9. The predicted octanol–water partition coefficient (Wildman–Crippen LogP) is 1.09. The second-order valence-electron chi connectivity index (χ2n) is 6.65. The van der Waals surface area contributed by atoms with Crippen molar-refractivity contribution in [3.8, 4) is 0 Å². The van der Waals surface area contributed by atoms with Crippen LogP contribution >= 0.6 is 0 Å². The number of ether oxygens (including phenoxy) is 2. The minimum Gasteiger partial charge on any atom is -0.463 e. The number of rotatable bonds is 7. The molecule has 3 N–H and O–H groups in total. The van der Waals surface area contributed by atoms with E-state index in [0.717, 1.165) is 11.1 Å². The zero-order valence-corrected chi connectivity index (χ0v) is 16.9. The van der Waals surface area contributed by atoms with E-state index in [-0.39, 0.29) is 31.0 Å². The topological polar surface area (TPSA) is 123 Å². The maximum Gasteiger partial charge on any atom is 0.338 e. The van der Waals surface area contributed by atoms with Crippen molar-refractivity contribution >= 4 is 23.9 Å². The van der Waals surface area contributed by atoms with Gasteiger partial charge < -0.3 is 25.4 Å². The van der Waals surface area contributed by atoms with Crippen LogP contribution in [0.25, 0.3) is 0 Å². The summed E-state index contributed by atoms with van der Waals surface area (Å²) >= 11 is 0. The summed E-state index contributed by atoms with van der Waals surface area (Å²) in [7, 11) is 0. The molecular formula is C20H25N3O6. The van der Waals surface area contributed by atoms with Crippen LogP contribution in [0.2, 0.25) is 0 Å². The Hall–Kier alpha value is -3.36. The van der Waals surface area contributed by atoms with Gasteiger partial charge in [-0.2, -0.15) is 0 Å². The summed E-state index contributed by atoms with van der Waals surface area (Å²) in [5, 5.41) is 7.50. The highest BCUT2D eigenvalue weighted by Crippen LogP contribution is 2.14. The lowest BCUT2D eigenvalue weighted by molar-refractivity contribution is -0.142. The molecule has 1 aromatic carbocycles. The molecule has 1 aromatic rings. The van der Waals surface area contributed by atoms with Crippen molar-refractivity contribution in [3.05, 3.63) is 46.2 Å². The first-order valence-corrected chi connectivity index (χ1v) is 9.21. The maximum atomic E-state index is 12.2. The molecule has 1 aliphatic rings. The van der Waals surface area contributed by atoms with E-state index in [4.69, 9.17) is 9.47 Å². The first kappa shape index (κ1) is 21.9. The zero-order valence-electron chi connectivity index (χ0n) is 16.9. The molecule has 0 spiro atoms. The third-order valence-corrected chi connectivity index (χ3v) is 4.12. The van der Waals surface area contributed by atoms with Gasteiger partial charge in [-0.1, -0.05) is 17.2 Å². The largest absolute Gasteiger partial charge is 0.463 e. The number of benzene rings is 1. The van der Waals surface area contributed by atoms with Crippen LogP contribution in [0.1, 0.15) is 35.3 Å². The highest BCUT2D eigenvalue weighted by molar-refractivity contribution is 5.96. The first-order valence-electron chi connectivity index (χ1n) is 9.21. The van der Waals surface area contributed by atoms with Crippen LogP contribution in [0, 0.1) is 13.8 Å². The zero-order chi connectivity index (χ0) is 21.6. The van der Waals surface area contributed by atoms with Crippen LogP contribution in [0.5, 0.6) is 0 Å². The van der Waals surface area contributed by atoms with E-state index in [0.29, 0.717) is 5.56 Å². The van der Waals surface area contributed by atoms with E-state index < -0.39 is 29.9 Å². The molecule has 9 nitrogen and oxygen atoms in total. The van der Waals surface area contributed by atoms with Gasteiger partial charge in [0.2, 0.25) is 0 Å². The van der Waals surface area contributed by atoms with Crippen LogP contribution in [-0.4, -0.2) is 49.7 Å². The molecule has 0 saturated heterocycles. The van der Waals surface area contributed by atoms with Crippen molar-refractivity contribution < 1.29 is 28.7 Å². The number of urea groups is 1. The van der Waals surface area contributed by atoms with E-state index in [2.05, 4.69) is 16.0 Å². The van der Waals surface area contributed by atoms with Crippen molar-refractivity contribution in [2.75, 3.05) is 19.8 Å². The molecule has 156 valence electrons. The second kappa shape index (κ2) is 9.72. The summed E-state index contributed by atoms with van der Waals surface area (Å²) in [6, 6.07) is 4.26. The Morgan fingerprint density at radius 1 is 1.10 bits per heavy atom. The number of hydrogen-bond acceptors (Lipinski definition) is 6. The maximum absolute atomic E-state index is 12.2. The van der Waals surface area contributed by atoms with Gasteiger partial charge in [-0.25, -0.2) is 9.59 Å². The number of carbonyl (C=O) groups excluding carboxylic acids is 4. The van der Waals surface area contributed by atoms with Crippen LogP contribution in [0.3, 0.4) is 0 Å². The van der Waals surface area contributed by atoms with Crippen LogP contribution in [-0.2, 0) is 19.1 Å². The van der Waals surface area contributed by atoms with Crippen molar-refractivity contribution in [2.45, 2.75) is 33.7 Å². The van der Waals surface area contributed by atoms with Crippen LogP contribution in [0.4, 0.5) is 4.79 Å².